The van der Waals surface area contributed by atoms with Crippen LogP contribution in [0.5, 0.6) is 0 Å². The second kappa shape index (κ2) is 6.57. The number of rotatable bonds is 7. The van der Waals surface area contributed by atoms with E-state index in [9.17, 15) is 0 Å². The fraction of sp³-hybridized carbons (Fsp3) is 0.467. The van der Waals surface area contributed by atoms with Crippen LogP contribution >= 0.6 is 0 Å². The van der Waals surface area contributed by atoms with Crippen molar-refractivity contribution in [3.63, 3.8) is 0 Å². The van der Waals surface area contributed by atoms with E-state index >= 15 is 0 Å². The minimum Gasteiger partial charge on any atom is -0.459 e. The Morgan fingerprint density at radius 1 is 1.28 bits per heavy atom. The van der Waals surface area contributed by atoms with Crippen LogP contribution in [0.15, 0.2) is 28.7 Å². The minimum atomic E-state index is 0.633. The summed E-state index contributed by atoms with van der Waals surface area (Å²) in [4.78, 5) is 0. The van der Waals surface area contributed by atoms with Gasteiger partial charge in [-0.2, -0.15) is 0 Å². The third kappa shape index (κ3) is 2.92. The maximum absolute atomic E-state index is 5.85. The molecular formula is C15H21NO2. The summed E-state index contributed by atoms with van der Waals surface area (Å²) < 4.78 is 11.6. The molecule has 1 N–H and O–H groups in total. The standard InChI is InChI=1S/C15H21NO2/c1-3-4-9-17-11-13-12-7-5-6-8-14(12)18-15(13)10-16-2/h5-8,16H,3-4,9-11H2,1-2H3. The van der Waals surface area contributed by atoms with Crippen molar-refractivity contribution in [1.82, 2.24) is 5.32 Å². The fourth-order valence-corrected chi connectivity index (χ4v) is 2.03. The molecule has 0 amide bonds. The molecule has 0 radical (unpaired) electrons. The number of ether oxygens (including phenoxy) is 1. The average Bonchev–Trinajstić information content (AvgIpc) is 2.73. The molecule has 0 bridgehead atoms. The first kappa shape index (κ1) is 13.1. The topological polar surface area (TPSA) is 34.4 Å². The molecule has 0 saturated heterocycles. The van der Waals surface area contributed by atoms with Crippen molar-refractivity contribution in [2.45, 2.75) is 32.9 Å². The van der Waals surface area contributed by atoms with Crippen molar-refractivity contribution in [3.05, 3.63) is 35.6 Å². The van der Waals surface area contributed by atoms with E-state index in [0.29, 0.717) is 6.61 Å². The molecule has 0 aliphatic rings. The Kier molecular flexibility index (Phi) is 4.79. The number of furan rings is 1. The van der Waals surface area contributed by atoms with Crippen LogP contribution in [0.4, 0.5) is 0 Å². The van der Waals surface area contributed by atoms with E-state index in [1.165, 1.54) is 10.9 Å². The molecule has 1 aromatic heterocycles. The number of hydrogen-bond donors (Lipinski definition) is 1. The predicted molar refractivity (Wildman–Crippen MR) is 73.5 cm³/mol. The number of fused-ring (bicyclic) bond motifs is 1. The zero-order valence-corrected chi connectivity index (χ0v) is 11.2. The molecule has 0 aliphatic carbocycles. The molecule has 3 nitrogen and oxygen atoms in total. The maximum Gasteiger partial charge on any atom is 0.134 e. The van der Waals surface area contributed by atoms with Gasteiger partial charge in [0, 0.05) is 17.6 Å². The summed E-state index contributed by atoms with van der Waals surface area (Å²) in [5, 5.41) is 4.30. The Bertz CT molecular complexity index is 490. The first-order valence-electron chi connectivity index (χ1n) is 6.58. The van der Waals surface area contributed by atoms with Crippen LogP contribution in [0.25, 0.3) is 11.0 Å². The van der Waals surface area contributed by atoms with Crippen LogP contribution in [-0.2, 0) is 17.9 Å². The smallest absolute Gasteiger partial charge is 0.134 e. The van der Waals surface area contributed by atoms with E-state index in [-0.39, 0.29) is 0 Å². The average molecular weight is 247 g/mol. The molecule has 3 heteroatoms. The fourth-order valence-electron chi connectivity index (χ4n) is 2.03. The van der Waals surface area contributed by atoms with E-state index in [0.717, 1.165) is 37.3 Å². The van der Waals surface area contributed by atoms with Crippen LogP contribution in [0.1, 0.15) is 31.1 Å². The van der Waals surface area contributed by atoms with Gasteiger partial charge in [-0.1, -0.05) is 31.5 Å². The minimum absolute atomic E-state index is 0.633. The second-order valence-corrected chi connectivity index (χ2v) is 4.44. The number of nitrogens with one attached hydrogen (secondary N) is 1. The molecule has 2 aromatic rings. The van der Waals surface area contributed by atoms with Gasteiger partial charge in [-0.15, -0.1) is 0 Å². The van der Waals surface area contributed by atoms with E-state index < -0.39 is 0 Å². The van der Waals surface area contributed by atoms with Crippen molar-refractivity contribution >= 4 is 11.0 Å². The summed E-state index contributed by atoms with van der Waals surface area (Å²) in [7, 11) is 1.93. The molecule has 0 atom stereocenters. The lowest BCUT2D eigenvalue weighted by atomic mass is 10.1. The Hall–Kier alpha value is -1.32. The maximum atomic E-state index is 5.85. The van der Waals surface area contributed by atoms with Crippen molar-refractivity contribution in [2.24, 2.45) is 0 Å². The van der Waals surface area contributed by atoms with Gasteiger partial charge in [0.05, 0.1) is 13.2 Å². The number of unbranched alkanes of at least 4 members (excludes halogenated alkanes) is 1. The van der Waals surface area contributed by atoms with Gasteiger partial charge < -0.3 is 14.5 Å². The first-order valence-corrected chi connectivity index (χ1v) is 6.58. The van der Waals surface area contributed by atoms with Crippen LogP contribution in [0.3, 0.4) is 0 Å². The summed E-state index contributed by atoms with van der Waals surface area (Å²) in [5.74, 6) is 0.982. The molecule has 18 heavy (non-hydrogen) atoms. The van der Waals surface area contributed by atoms with E-state index in [2.05, 4.69) is 18.3 Å². The number of benzene rings is 1. The monoisotopic (exact) mass is 247 g/mol. The summed E-state index contributed by atoms with van der Waals surface area (Å²) in [6.07, 6.45) is 2.27. The van der Waals surface area contributed by atoms with Crippen molar-refractivity contribution in [3.8, 4) is 0 Å². The Labute approximate surface area is 108 Å². The van der Waals surface area contributed by atoms with Crippen LogP contribution in [-0.4, -0.2) is 13.7 Å². The molecular weight excluding hydrogens is 226 g/mol. The SMILES string of the molecule is CCCCOCc1c(CNC)oc2ccccc12. The third-order valence-electron chi connectivity index (χ3n) is 3.01. The van der Waals surface area contributed by atoms with E-state index in [1.807, 2.05) is 25.2 Å². The first-order chi connectivity index (χ1) is 8.86. The number of para-hydroxylation sites is 1. The molecule has 1 heterocycles. The second-order valence-electron chi connectivity index (χ2n) is 4.44. The van der Waals surface area contributed by atoms with E-state index in [1.54, 1.807) is 0 Å². The van der Waals surface area contributed by atoms with Gasteiger partial charge in [-0.05, 0) is 19.5 Å². The van der Waals surface area contributed by atoms with Crippen molar-refractivity contribution < 1.29 is 9.15 Å². The van der Waals surface area contributed by atoms with Gasteiger partial charge in [-0.25, -0.2) is 0 Å². The highest BCUT2D eigenvalue weighted by Crippen LogP contribution is 2.26. The quantitative estimate of drug-likeness (QED) is 0.761. The zero-order chi connectivity index (χ0) is 12.8. The molecule has 0 fully saturated rings. The van der Waals surface area contributed by atoms with Gasteiger partial charge in [0.2, 0.25) is 0 Å². The highest BCUT2D eigenvalue weighted by Gasteiger charge is 2.12. The van der Waals surface area contributed by atoms with Crippen molar-refractivity contribution in [1.29, 1.82) is 0 Å². The predicted octanol–water partition coefficient (Wildman–Crippen LogP) is 3.47. The summed E-state index contributed by atoms with van der Waals surface area (Å²) >= 11 is 0. The van der Waals surface area contributed by atoms with Crippen LogP contribution in [0.2, 0.25) is 0 Å². The third-order valence-corrected chi connectivity index (χ3v) is 3.01. The molecule has 0 saturated carbocycles. The lowest BCUT2D eigenvalue weighted by molar-refractivity contribution is 0.117. The Morgan fingerprint density at radius 3 is 2.89 bits per heavy atom. The van der Waals surface area contributed by atoms with Crippen LogP contribution in [0, 0.1) is 0 Å². The van der Waals surface area contributed by atoms with Crippen molar-refractivity contribution in [2.75, 3.05) is 13.7 Å². The van der Waals surface area contributed by atoms with Gasteiger partial charge in [-0.3, -0.25) is 0 Å². The van der Waals surface area contributed by atoms with Gasteiger partial charge in [0.1, 0.15) is 11.3 Å². The molecule has 0 aliphatic heterocycles. The van der Waals surface area contributed by atoms with E-state index in [4.69, 9.17) is 9.15 Å². The summed E-state index contributed by atoms with van der Waals surface area (Å²) in [6.45, 7) is 4.35. The normalized spacial score (nSPS) is 11.2. The van der Waals surface area contributed by atoms with Crippen LogP contribution < -0.4 is 5.32 Å². The Morgan fingerprint density at radius 2 is 2.11 bits per heavy atom. The lowest BCUT2D eigenvalue weighted by Crippen LogP contribution is -2.07. The molecule has 0 spiro atoms. The molecule has 1 aromatic carbocycles. The highest BCUT2D eigenvalue weighted by molar-refractivity contribution is 5.82. The lowest BCUT2D eigenvalue weighted by Gasteiger charge is -2.04. The largest absolute Gasteiger partial charge is 0.459 e. The molecule has 2 rings (SSSR count). The summed E-state index contributed by atoms with van der Waals surface area (Å²) in [5.41, 5.74) is 2.12. The molecule has 98 valence electrons. The number of hydrogen-bond acceptors (Lipinski definition) is 3. The van der Waals surface area contributed by atoms with Gasteiger partial charge in [0.15, 0.2) is 0 Å². The van der Waals surface area contributed by atoms with Gasteiger partial charge >= 0.3 is 0 Å². The molecule has 0 unspecified atom stereocenters. The highest BCUT2D eigenvalue weighted by atomic mass is 16.5. The van der Waals surface area contributed by atoms with Gasteiger partial charge in [0.25, 0.3) is 0 Å². The Balaban J connectivity index is 2.19. The summed E-state index contributed by atoms with van der Waals surface area (Å²) in [6, 6.07) is 8.13. The zero-order valence-electron chi connectivity index (χ0n) is 11.2.